The number of hydrogen-bond acceptors (Lipinski definition) is 2. The lowest BCUT2D eigenvalue weighted by molar-refractivity contribution is 1.02. The number of rotatable bonds is 0. The van der Waals surface area contributed by atoms with Crippen molar-refractivity contribution in [3.8, 4) is 0 Å². The van der Waals surface area contributed by atoms with Crippen LogP contribution in [0.1, 0.15) is 5.69 Å². The van der Waals surface area contributed by atoms with Crippen molar-refractivity contribution >= 4 is 35.1 Å². The van der Waals surface area contributed by atoms with Gasteiger partial charge in [-0.2, -0.15) is 0 Å². The molecular formula is C5H5IN2OS. The summed E-state index contributed by atoms with van der Waals surface area (Å²) in [5.41, 5.74) is 0.713. The Bertz CT molecular complexity index is 322. The summed E-state index contributed by atoms with van der Waals surface area (Å²) in [7, 11) is 0. The predicted molar refractivity (Wildman–Crippen MR) is 50.0 cm³/mol. The first-order valence-electron chi connectivity index (χ1n) is 2.60. The molecule has 0 aliphatic carbocycles. The van der Waals surface area contributed by atoms with E-state index in [0.29, 0.717) is 4.77 Å². The second-order valence-electron chi connectivity index (χ2n) is 1.88. The summed E-state index contributed by atoms with van der Waals surface area (Å²) in [6, 6.07) is 1.50. The Morgan fingerprint density at radius 2 is 2.40 bits per heavy atom. The highest BCUT2D eigenvalue weighted by atomic mass is 127. The summed E-state index contributed by atoms with van der Waals surface area (Å²) in [5, 5.41) is 0. The van der Waals surface area contributed by atoms with Gasteiger partial charge < -0.3 is 4.98 Å². The van der Waals surface area contributed by atoms with Crippen LogP contribution in [0.25, 0.3) is 0 Å². The summed E-state index contributed by atoms with van der Waals surface area (Å²) in [6.45, 7) is 1.80. The second kappa shape index (κ2) is 2.83. The molecule has 1 aromatic rings. The van der Waals surface area contributed by atoms with E-state index in [4.69, 9.17) is 12.2 Å². The molecule has 5 heteroatoms. The zero-order chi connectivity index (χ0) is 7.72. The Morgan fingerprint density at radius 3 is 2.90 bits per heavy atom. The van der Waals surface area contributed by atoms with Crippen LogP contribution in [-0.2, 0) is 0 Å². The Hall–Kier alpha value is -0.170. The van der Waals surface area contributed by atoms with Gasteiger partial charge in [0.25, 0.3) is 5.56 Å². The number of aromatic nitrogens is 2. The van der Waals surface area contributed by atoms with E-state index in [2.05, 4.69) is 4.98 Å². The van der Waals surface area contributed by atoms with E-state index in [1.165, 1.54) is 8.85 Å². The normalized spacial score (nSPS) is 9.80. The highest BCUT2D eigenvalue weighted by Gasteiger charge is 1.92. The number of aryl methyl sites for hydroxylation is 1. The molecule has 0 unspecified atom stereocenters. The standard InChI is InChI=1S/C5H5IN2OS/c1-3-2-4(9)8(6)5(10)7-3/h2H,1H3,(H,7,10). The quantitative estimate of drug-likeness (QED) is 0.570. The fourth-order valence-electron chi connectivity index (χ4n) is 0.596. The van der Waals surface area contributed by atoms with Gasteiger partial charge in [-0.25, -0.2) is 2.78 Å². The maximum Gasteiger partial charge on any atom is 0.263 e. The zero-order valence-electron chi connectivity index (χ0n) is 5.22. The van der Waals surface area contributed by atoms with Crippen molar-refractivity contribution in [2.75, 3.05) is 0 Å². The third kappa shape index (κ3) is 1.46. The van der Waals surface area contributed by atoms with Crippen LogP contribution in [0.15, 0.2) is 10.9 Å². The summed E-state index contributed by atoms with van der Waals surface area (Å²) >= 11 is 6.68. The maximum atomic E-state index is 10.9. The zero-order valence-corrected chi connectivity index (χ0v) is 8.19. The topological polar surface area (TPSA) is 37.8 Å². The molecule has 0 amide bonds. The number of nitrogens with zero attached hydrogens (tertiary/aromatic N) is 1. The molecule has 0 atom stereocenters. The molecular weight excluding hydrogens is 263 g/mol. The van der Waals surface area contributed by atoms with Gasteiger partial charge in [-0.3, -0.25) is 4.79 Å². The van der Waals surface area contributed by atoms with Gasteiger partial charge in [0.15, 0.2) is 4.77 Å². The number of H-pyrrole nitrogens is 1. The molecule has 0 radical (unpaired) electrons. The Balaban J connectivity index is 3.62. The summed E-state index contributed by atoms with van der Waals surface area (Å²) in [6.07, 6.45) is 0. The second-order valence-corrected chi connectivity index (χ2v) is 3.23. The molecule has 0 aliphatic heterocycles. The van der Waals surface area contributed by atoms with E-state index in [1.54, 1.807) is 6.92 Å². The van der Waals surface area contributed by atoms with Crippen LogP contribution in [0.4, 0.5) is 0 Å². The van der Waals surface area contributed by atoms with Gasteiger partial charge in [-0.15, -0.1) is 0 Å². The molecule has 54 valence electrons. The highest BCUT2D eigenvalue weighted by molar-refractivity contribution is 14.1. The van der Waals surface area contributed by atoms with Crippen molar-refractivity contribution in [3.63, 3.8) is 0 Å². The van der Waals surface area contributed by atoms with E-state index in [9.17, 15) is 4.79 Å². The van der Waals surface area contributed by atoms with Crippen LogP contribution in [0.2, 0.25) is 0 Å². The van der Waals surface area contributed by atoms with Crippen molar-refractivity contribution in [1.82, 2.24) is 7.76 Å². The summed E-state index contributed by atoms with van der Waals surface area (Å²) < 4.78 is 1.81. The Labute approximate surface area is 76.6 Å². The molecule has 0 saturated carbocycles. The highest BCUT2D eigenvalue weighted by Crippen LogP contribution is 1.91. The number of aromatic amines is 1. The van der Waals surface area contributed by atoms with Crippen LogP contribution in [0.3, 0.4) is 0 Å². The van der Waals surface area contributed by atoms with Gasteiger partial charge in [0.05, 0.1) is 22.9 Å². The monoisotopic (exact) mass is 268 g/mol. The van der Waals surface area contributed by atoms with Crippen LogP contribution in [0.5, 0.6) is 0 Å². The van der Waals surface area contributed by atoms with Crippen molar-refractivity contribution < 1.29 is 0 Å². The van der Waals surface area contributed by atoms with E-state index in [0.717, 1.165) is 5.69 Å². The van der Waals surface area contributed by atoms with E-state index >= 15 is 0 Å². The third-order valence-electron chi connectivity index (χ3n) is 1.02. The Morgan fingerprint density at radius 1 is 1.80 bits per heavy atom. The fourth-order valence-corrected chi connectivity index (χ4v) is 1.11. The molecule has 1 aromatic heterocycles. The minimum Gasteiger partial charge on any atom is -0.335 e. The lowest BCUT2D eigenvalue weighted by Gasteiger charge is -1.94. The first-order chi connectivity index (χ1) is 4.61. The minimum absolute atomic E-state index is 0.0816. The molecule has 1 rings (SSSR count). The fraction of sp³-hybridized carbons (Fsp3) is 0.200. The van der Waals surface area contributed by atoms with Crippen LogP contribution < -0.4 is 5.56 Å². The van der Waals surface area contributed by atoms with Crippen LogP contribution >= 0.6 is 35.1 Å². The molecule has 1 heterocycles. The summed E-state index contributed by atoms with van der Waals surface area (Å²) in [5.74, 6) is 0. The van der Waals surface area contributed by atoms with Gasteiger partial charge in [-0.1, -0.05) is 0 Å². The van der Waals surface area contributed by atoms with Gasteiger partial charge in [0.1, 0.15) is 0 Å². The smallest absolute Gasteiger partial charge is 0.263 e. The molecule has 0 bridgehead atoms. The Kier molecular flexibility index (Phi) is 2.24. The van der Waals surface area contributed by atoms with Gasteiger partial charge in [0.2, 0.25) is 0 Å². The van der Waals surface area contributed by atoms with Gasteiger partial charge in [0, 0.05) is 11.8 Å². The predicted octanol–water partition coefficient (Wildman–Crippen LogP) is 1.41. The molecule has 0 fully saturated rings. The first-order valence-corrected chi connectivity index (χ1v) is 3.97. The van der Waals surface area contributed by atoms with Crippen molar-refractivity contribution in [2.45, 2.75) is 6.92 Å². The van der Waals surface area contributed by atoms with Gasteiger partial charge >= 0.3 is 0 Å². The van der Waals surface area contributed by atoms with Gasteiger partial charge in [-0.05, 0) is 19.1 Å². The number of nitrogens with one attached hydrogen (secondary N) is 1. The molecule has 0 saturated heterocycles. The van der Waals surface area contributed by atoms with Crippen molar-refractivity contribution in [1.29, 1.82) is 0 Å². The number of hydrogen-bond donors (Lipinski definition) is 1. The molecule has 0 aliphatic rings. The SMILES string of the molecule is Cc1cc(=O)n(I)c(=S)[nH]1. The lowest BCUT2D eigenvalue weighted by Crippen LogP contribution is -2.13. The van der Waals surface area contributed by atoms with Crippen molar-refractivity contribution in [2.24, 2.45) is 0 Å². The number of halogens is 1. The average Bonchev–Trinajstić information content (AvgIpc) is 1.82. The molecule has 3 nitrogen and oxygen atoms in total. The summed E-state index contributed by atoms with van der Waals surface area (Å²) in [4.78, 5) is 13.8. The molecule has 1 N–H and O–H groups in total. The maximum absolute atomic E-state index is 10.9. The van der Waals surface area contributed by atoms with E-state index < -0.39 is 0 Å². The van der Waals surface area contributed by atoms with Crippen molar-refractivity contribution in [3.05, 3.63) is 26.9 Å². The third-order valence-corrected chi connectivity index (χ3v) is 2.59. The minimum atomic E-state index is -0.0816. The average molecular weight is 268 g/mol. The largest absolute Gasteiger partial charge is 0.335 e. The lowest BCUT2D eigenvalue weighted by atomic mass is 10.5. The van der Waals surface area contributed by atoms with Crippen LogP contribution in [0, 0.1) is 11.7 Å². The van der Waals surface area contributed by atoms with E-state index in [-0.39, 0.29) is 5.56 Å². The van der Waals surface area contributed by atoms with E-state index in [1.807, 2.05) is 22.9 Å². The van der Waals surface area contributed by atoms with Crippen LogP contribution in [-0.4, -0.2) is 7.76 Å². The molecule has 0 spiro atoms. The molecule has 10 heavy (non-hydrogen) atoms. The molecule has 0 aromatic carbocycles. The first kappa shape index (κ1) is 7.93.